The summed E-state index contributed by atoms with van der Waals surface area (Å²) in [6.07, 6.45) is 7.69. The Bertz CT molecular complexity index is 592. The first-order chi connectivity index (χ1) is 10.5. The fraction of sp³-hybridized carbons (Fsp3) is 0.647. The average molecular weight is 322 g/mol. The molecule has 0 saturated carbocycles. The standard InChI is InChI=1S/C17H26N2O2S/c1-22(20,21)17-8-6-16(7-9-17)19-13-4-5-15(10-14-19)18-11-2-3-12-18/h6-9,15H,2-5,10-14H2,1H3. The minimum Gasteiger partial charge on any atom is -0.371 e. The zero-order chi connectivity index (χ0) is 15.6. The van der Waals surface area contributed by atoms with Gasteiger partial charge in [0.2, 0.25) is 0 Å². The van der Waals surface area contributed by atoms with Crippen LogP contribution in [0.5, 0.6) is 0 Å². The molecule has 0 radical (unpaired) electrons. The highest BCUT2D eigenvalue weighted by Gasteiger charge is 2.24. The van der Waals surface area contributed by atoms with Crippen LogP contribution >= 0.6 is 0 Å². The van der Waals surface area contributed by atoms with Gasteiger partial charge in [0.15, 0.2) is 9.84 Å². The zero-order valence-electron chi connectivity index (χ0n) is 13.4. The maximum atomic E-state index is 11.5. The van der Waals surface area contributed by atoms with Crippen LogP contribution in [0.4, 0.5) is 5.69 Å². The number of rotatable bonds is 3. The summed E-state index contributed by atoms with van der Waals surface area (Å²) in [4.78, 5) is 5.47. The van der Waals surface area contributed by atoms with Crippen LogP contribution < -0.4 is 4.90 Å². The van der Waals surface area contributed by atoms with Crippen LogP contribution in [-0.4, -0.2) is 51.8 Å². The van der Waals surface area contributed by atoms with E-state index >= 15 is 0 Å². The normalized spacial score (nSPS) is 24.4. The number of nitrogens with zero attached hydrogens (tertiary/aromatic N) is 2. The summed E-state index contributed by atoms with van der Waals surface area (Å²) in [5.74, 6) is 0. The first-order valence-electron chi connectivity index (χ1n) is 8.33. The van der Waals surface area contributed by atoms with E-state index in [2.05, 4.69) is 9.80 Å². The molecule has 2 saturated heterocycles. The largest absolute Gasteiger partial charge is 0.371 e. The van der Waals surface area contributed by atoms with Crippen LogP contribution in [-0.2, 0) is 9.84 Å². The minimum atomic E-state index is -3.10. The van der Waals surface area contributed by atoms with E-state index in [9.17, 15) is 8.42 Å². The van der Waals surface area contributed by atoms with Crippen molar-refractivity contribution in [2.75, 3.05) is 37.3 Å². The minimum absolute atomic E-state index is 0.404. The highest BCUT2D eigenvalue weighted by Crippen LogP contribution is 2.25. The number of sulfone groups is 1. The van der Waals surface area contributed by atoms with E-state index in [1.165, 1.54) is 51.4 Å². The molecule has 2 aliphatic rings. The number of hydrogen-bond donors (Lipinski definition) is 0. The summed E-state index contributed by atoms with van der Waals surface area (Å²) < 4.78 is 23.1. The van der Waals surface area contributed by atoms with E-state index in [0.29, 0.717) is 4.90 Å². The first kappa shape index (κ1) is 15.8. The molecule has 5 heteroatoms. The Kier molecular flexibility index (Phi) is 4.73. The molecule has 2 heterocycles. The van der Waals surface area contributed by atoms with Gasteiger partial charge < -0.3 is 9.80 Å². The van der Waals surface area contributed by atoms with Crippen molar-refractivity contribution in [2.45, 2.75) is 43.0 Å². The lowest BCUT2D eigenvalue weighted by Gasteiger charge is -2.27. The molecular formula is C17H26N2O2S. The van der Waals surface area contributed by atoms with E-state index in [1.54, 1.807) is 12.1 Å². The molecule has 0 aromatic heterocycles. The summed E-state index contributed by atoms with van der Waals surface area (Å²) >= 11 is 0. The molecule has 0 aliphatic carbocycles. The summed E-state index contributed by atoms with van der Waals surface area (Å²) in [5.41, 5.74) is 1.15. The summed E-state index contributed by atoms with van der Waals surface area (Å²) in [7, 11) is -3.10. The first-order valence-corrected chi connectivity index (χ1v) is 10.2. The topological polar surface area (TPSA) is 40.6 Å². The van der Waals surface area contributed by atoms with Gasteiger partial charge in [-0.3, -0.25) is 0 Å². The maximum Gasteiger partial charge on any atom is 0.175 e. The van der Waals surface area contributed by atoms with Crippen molar-refractivity contribution >= 4 is 15.5 Å². The van der Waals surface area contributed by atoms with E-state index in [-0.39, 0.29) is 0 Å². The van der Waals surface area contributed by atoms with Gasteiger partial charge in [-0.2, -0.15) is 0 Å². The molecular weight excluding hydrogens is 296 g/mol. The summed E-state index contributed by atoms with van der Waals surface area (Å²) in [5, 5.41) is 0. The van der Waals surface area contributed by atoms with Crippen molar-refractivity contribution in [1.82, 2.24) is 4.90 Å². The van der Waals surface area contributed by atoms with E-state index in [0.717, 1.165) is 24.8 Å². The highest BCUT2D eigenvalue weighted by molar-refractivity contribution is 7.90. The number of anilines is 1. The molecule has 0 amide bonds. The van der Waals surface area contributed by atoms with Crippen molar-refractivity contribution in [1.29, 1.82) is 0 Å². The van der Waals surface area contributed by atoms with Gasteiger partial charge in [0.1, 0.15) is 0 Å². The fourth-order valence-corrected chi connectivity index (χ4v) is 4.34. The quantitative estimate of drug-likeness (QED) is 0.857. The van der Waals surface area contributed by atoms with Crippen LogP contribution in [0.2, 0.25) is 0 Å². The lowest BCUT2D eigenvalue weighted by Crippen LogP contribution is -2.33. The van der Waals surface area contributed by atoms with Crippen molar-refractivity contribution in [3.63, 3.8) is 0 Å². The Morgan fingerprint density at radius 1 is 0.909 bits per heavy atom. The third kappa shape index (κ3) is 3.63. The predicted molar refractivity (Wildman–Crippen MR) is 90.2 cm³/mol. The molecule has 0 bridgehead atoms. The van der Waals surface area contributed by atoms with E-state index < -0.39 is 9.84 Å². The fourth-order valence-electron chi connectivity index (χ4n) is 3.71. The van der Waals surface area contributed by atoms with Crippen molar-refractivity contribution in [3.8, 4) is 0 Å². The van der Waals surface area contributed by atoms with Gasteiger partial charge in [-0.1, -0.05) is 0 Å². The van der Waals surface area contributed by atoms with E-state index in [4.69, 9.17) is 0 Å². The predicted octanol–water partition coefficient (Wildman–Crippen LogP) is 2.54. The van der Waals surface area contributed by atoms with Gasteiger partial charge in [-0.05, 0) is 69.5 Å². The average Bonchev–Trinajstić information content (AvgIpc) is 2.91. The number of benzene rings is 1. The Hall–Kier alpha value is -1.07. The molecule has 122 valence electrons. The third-order valence-electron chi connectivity index (χ3n) is 4.98. The number of likely N-dealkylation sites (tertiary alicyclic amines) is 1. The zero-order valence-corrected chi connectivity index (χ0v) is 14.2. The molecule has 0 N–H and O–H groups in total. The second kappa shape index (κ2) is 6.59. The maximum absolute atomic E-state index is 11.5. The second-order valence-electron chi connectivity index (χ2n) is 6.58. The molecule has 4 nitrogen and oxygen atoms in total. The SMILES string of the molecule is CS(=O)(=O)c1ccc(N2CCCC(N3CCCC3)CC2)cc1. The molecule has 1 unspecified atom stereocenters. The van der Waals surface area contributed by atoms with Gasteiger partial charge in [0.25, 0.3) is 0 Å². The molecule has 2 aliphatic heterocycles. The van der Waals surface area contributed by atoms with Gasteiger partial charge in [-0.25, -0.2) is 8.42 Å². The van der Waals surface area contributed by atoms with Crippen molar-refractivity contribution < 1.29 is 8.42 Å². The molecule has 1 aromatic rings. The molecule has 2 fully saturated rings. The molecule has 1 aromatic carbocycles. The number of hydrogen-bond acceptors (Lipinski definition) is 4. The van der Waals surface area contributed by atoms with Crippen LogP contribution in [0.3, 0.4) is 0 Å². The molecule has 3 rings (SSSR count). The van der Waals surface area contributed by atoms with Crippen LogP contribution in [0.25, 0.3) is 0 Å². The Morgan fingerprint density at radius 2 is 1.59 bits per heavy atom. The van der Waals surface area contributed by atoms with Crippen LogP contribution in [0.15, 0.2) is 29.2 Å². The van der Waals surface area contributed by atoms with Gasteiger partial charge >= 0.3 is 0 Å². The lowest BCUT2D eigenvalue weighted by molar-refractivity contribution is 0.225. The van der Waals surface area contributed by atoms with Gasteiger partial charge in [0, 0.05) is 31.1 Å². The van der Waals surface area contributed by atoms with Crippen LogP contribution in [0.1, 0.15) is 32.1 Å². The highest BCUT2D eigenvalue weighted by atomic mass is 32.2. The van der Waals surface area contributed by atoms with Crippen LogP contribution in [0, 0.1) is 0 Å². The molecule has 22 heavy (non-hydrogen) atoms. The Morgan fingerprint density at radius 3 is 2.23 bits per heavy atom. The van der Waals surface area contributed by atoms with Gasteiger partial charge in [0.05, 0.1) is 4.90 Å². The smallest absolute Gasteiger partial charge is 0.175 e. The summed E-state index contributed by atoms with van der Waals surface area (Å²) in [6.45, 7) is 4.68. The van der Waals surface area contributed by atoms with Crippen molar-refractivity contribution in [2.24, 2.45) is 0 Å². The summed E-state index contributed by atoms with van der Waals surface area (Å²) in [6, 6.07) is 8.10. The Labute approximate surface area is 134 Å². The molecule has 1 atom stereocenters. The lowest BCUT2D eigenvalue weighted by atomic mass is 10.1. The van der Waals surface area contributed by atoms with E-state index in [1.807, 2.05) is 12.1 Å². The third-order valence-corrected chi connectivity index (χ3v) is 6.11. The Balaban J connectivity index is 1.65. The monoisotopic (exact) mass is 322 g/mol. The second-order valence-corrected chi connectivity index (χ2v) is 8.60. The van der Waals surface area contributed by atoms with Crippen molar-refractivity contribution in [3.05, 3.63) is 24.3 Å². The van der Waals surface area contributed by atoms with Gasteiger partial charge in [-0.15, -0.1) is 0 Å². The molecule has 0 spiro atoms.